The zero-order valence-electron chi connectivity index (χ0n) is 16.0. The predicted octanol–water partition coefficient (Wildman–Crippen LogP) is 2.40. The van der Waals surface area contributed by atoms with Crippen molar-refractivity contribution in [3.05, 3.63) is 11.4 Å². The summed E-state index contributed by atoms with van der Waals surface area (Å²) in [4.78, 5) is 14.3. The first-order valence-electron chi connectivity index (χ1n) is 10.2. The third kappa shape index (κ3) is 3.73. The maximum absolute atomic E-state index is 11.8. The van der Waals surface area contributed by atoms with Crippen LogP contribution in [0.2, 0.25) is 0 Å². The lowest BCUT2D eigenvalue weighted by Gasteiger charge is -2.41. The van der Waals surface area contributed by atoms with E-state index in [2.05, 4.69) is 30.2 Å². The topological polar surface area (TPSA) is 136 Å². The van der Waals surface area contributed by atoms with Crippen LogP contribution in [0.4, 0.5) is 5.82 Å². The summed E-state index contributed by atoms with van der Waals surface area (Å²) < 4.78 is 6.06. The van der Waals surface area contributed by atoms with Gasteiger partial charge in [-0.05, 0) is 36.0 Å². The molecule has 2 aromatic heterocycles. The predicted molar refractivity (Wildman–Crippen MR) is 99.9 cm³/mol. The Morgan fingerprint density at radius 2 is 1.68 bits per heavy atom. The fraction of sp³-hybridized carbons (Fsp3) is 0.722. The van der Waals surface area contributed by atoms with Gasteiger partial charge in [0.25, 0.3) is 0 Å². The van der Waals surface area contributed by atoms with Crippen molar-refractivity contribution in [3.8, 4) is 5.82 Å². The van der Waals surface area contributed by atoms with E-state index in [1.165, 1.54) is 43.2 Å². The highest BCUT2D eigenvalue weighted by molar-refractivity contribution is 5.86. The first-order valence-corrected chi connectivity index (χ1v) is 10.2. The normalized spacial score (nSPS) is 19.3. The van der Waals surface area contributed by atoms with Crippen molar-refractivity contribution >= 4 is 11.8 Å². The molecule has 2 fully saturated rings. The van der Waals surface area contributed by atoms with Crippen molar-refractivity contribution in [2.75, 3.05) is 5.73 Å². The molecule has 0 amide bonds. The van der Waals surface area contributed by atoms with Crippen molar-refractivity contribution in [3.63, 3.8) is 0 Å². The molecule has 0 aromatic carbocycles. The van der Waals surface area contributed by atoms with Crippen molar-refractivity contribution in [1.29, 1.82) is 0 Å². The lowest BCUT2D eigenvalue weighted by atomic mass is 9.88. The van der Waals surface area contributed by atoms with E-state index in [1.54, 1.807) is 0 Å². The average molecular weight is 389 g/mol. The Bertz CT molecular complexity index is 788. The highest BCUT2D eigenvalue weighted by Gasteiger charge is 2.32. The number of nitrogens with two attached hydrogens (primary N) is 1. The summed E-state index contributed by atoms with van der Waals surface area (Å²) >= 11 is 0. The van der Waals surface area contributed by atoms with Crippen LogP contribution in [-0.4, -0.2) is 53.4 Å². The number of aromatic carboxylic acids is 1. The van der Waals surface area contributed by atoms with Crippen LogP contribution in [0.5, 0.6) is 0 Å². The van der Waals surface area contributed by atoms with Gasteiger partial charge in [-0.1, -0.05) is 43.7 Å². The minimum absolute atomic E-state index is 0.0602. The first-order chi connectivity index (χ1) is 13.6. The number of carboxylic acids is 1. The Balaban J connectivity index is 1.69. The number of carbonyl (C=O) groups is 1. The maximum atomic E-state index is 11.8. The van der Waals surface area contributed by atoms with E-state index in [0.29, 0.717) is 24.3 Å². The fourth-order valence-electron chi connectivity index (χ4n) is 4.67. The van der Waals surface area contributed by atoms with Gasteiger partial charge in [0.15, 0.2) is 5.69 Å². The van der Waals surface area contributed by atoms with Gasteiger partial charge in [0.1, 0.15) is 0 Å². The highest BCUT2D eigenvalue weighted by atomic mass is 16.6. The average Bonchev–Trinajstić information content (AvgIpc) is 3.33. The van der Waals surface area contributed by atoms with Crippen LogP contribution in [0.1, 0.15) is 80.4 Å². The molecule has 0 saturated heterocycles. The number of nitrogens with zero attached hydrogens (tertiary/aromatic N) is 6. The summed E-state index contributed by atoms with van der Waals surface area (Å²) in [6.45, 7) is 0.455. The van der Waals surface area contributed by atoms with Crippen molar-refractivity contribution in [2.24, 2.45) is 0 Å². The van der Waals surface area contributed by atoms with Gasteiger partial charge in [0.05, 0.1) is 5.69 Å². The van der Waals surface area contributed by atoms with Gasteiger partial charge in [0.2, 0.25) is 11.6 Å². The van der Waals surface area contributed by atoms with Gasteiger partial charge < -0.3 is 10.8 Å². The Hall–Kier alpha value is -2.49. The number of hydrogen-bond acceptors (Lipinski definition) is 8. The molecule has 28 heavy (non-hydrogen) atoms. The molecule has 0 atom stereocenters. The second kappa shape index (κ2) is 8.26. The monoisotopic (exact) mass is 389 g/mol. The minimum atomic E-state index is -1.11. The van der Waals surface area contributed by atoms with E-state index < -0.39 is 5.97 Å². The molecule has 2 heterocycles. The number of anilines is 1. The molecule has 10 heteroatoms. The maximum Gasteiger partial charge on any atom is 0.358 e. The molecule has 0 unspecified atom stereocenters. The Labute approximate surface area is 163 Å². The smallest absolute Gasteiger partial charge is 0.358 e. The Morgan fingerprint density at radius 1 is 1.07 bits per heavy atom. The van der Waals surface area contributed by atoms with Crippen LogP contribution < -0.4 is 5.73 Å². The summed E-state index contributed by atoms with van der Waals surface area (Å²) in [5, 5.41) is 24.9. The van der Waals surface area contributed by atoms with Crippen molar-refractivity contribution in [2.45, 2.75) is 82.8 Å². The molecule has 152 valence electrons. The van der Waals surface area contributed by atoms with Gasteiger partial charge in [-0.15, -0.1) is 5.10 Å². The molecule has 0 aliphatic heterocycles. The van der Waals surface area contributed by atoms with E-state index in [9.17, 15) is 9.90 Å². The van der Waals surface area contributed by atoms with Crippen molar-refractivity contribution in [1.82, 2.24) is 30.2 Å². The minimum Gasteiger partial charge on any atom is -0.476 e. The third-order valence-electron chi connectivity index (χ3n) is 6.08. The van der Waals surface area contributed by atoms with Gasteiger partial charge in [-0.2, -0.15) is 4.68 Å². The van der Waals surface area contributed by atoms with E-state index in [4.69, 9.17) is 5.73 Å². The SMILES string of the molecule is Nc1nonc1-n1nnc(C(=O)O)c1CN(C1CCCCC1)C1CCCCC1. The van der Waals surface area contributed by atoms with Gasteiger partial charge in [-0.25, -0.2) is 9.42 Å². The van der Waals surface area contributed by atoms with E-state index in [0.717, 1.165) is 25.7 Å². The highest BCUT2D eigenvalue weighted by Crippen LogP contribution is 2.32. The molecule has 2 aliphatic carbocycles. The summed E-state index contributed by atoms with van der Waals surface area (Å²) in [5.74, 6) is -0.865. The third-order valence-corrected chi connectivity index (χ3v) is 6.08. The van der Waals surface area contributed by atoms with E-state index in [1.807, 2.05) is 0 Å². The summed E-state index contributed by atoms with van der Waals surface area (Å²) in [6.07, 6.45) is 12.0. The molecule has 0 spiro atoms. The number of carboxylic acid groups (broad SMARTS) is 1. The first kappa shape index (κ1) is 18.9. The van der Waals surface area contributed by atoms with Crippen LogP contribution >= 0.6 is 0 Å². The zero-order valence-corrected chi connectivity index (χ0v) is 16.0. The van der Waals surface area contributed by atoms with Crippen molar-refractivity contribution < 1.29 is 14.5 Å². The van der Waals surface area contributed by atoms with E-state index in [-0.39, 0.29) is 17.3 Å². The molecule has 2 saturated carbocycles. The fourth-order valence-corrected chi connectivity index (χ4v) is 4.67. The van der Waals surface area contributed by atoms with Gasteiger partial charge >= 0.3 is 5.97 Å². The number of nitrogen functional groups attached to an aromatic ring is 1. The molecule has 4 rings (SSSR count). The largest absolute Gasteiger partial charge is 0.476 e. The van der Waals surface area contributed by atoms with Crippen LogP contribution in [0.25, 0.3) is 5.82 Å². The summed E-state index contributed by atoms with van der Waals surface area (Å²) in [6, 6.07) is 0.907. The quantitative estimate of drug-likeness (QED) is 0.763. The summed E-state index contributed by atoms with van der Waals surface area (Å²) in [5.41, 5.74) is 6.23. The van der Waals surface area contributed by atoms with Crippen LogP contribution in [0.15, 0.2) is 4.63 Å². The molecule has 2 aromatic rings. The van der Waals surface area contributed by atoms with Gasteiger partial charge in [0, 0.05) is 18.6 Å². The number of aromatic nitrogens is 5. The molecular weight excluding hydrogens is 362 g/mol. The number of hydrogen-bond donors (Lipinski definition) is 2. The van der Waals surface area contributed by atoms with Crippen LogP contribution in [0, 0.1) is 0 Å². The lowest BCUT2D eigenvalue weighted by molar-refractivity contribution is 0.0648. The molecule has 0 bridgehead atoms. The second-order valence-corrected chi connectivity index (χ2v) is 7.83. The van der Waals surface area contributed by atoms with Crippen LogP contribution in [0.3, 0.4) is 0 Å². The standard InChI is InChI=1S/C18H27N7O3/c19-16-17(22-28-21-16)25-14(15(18(26)27)20-23-25)11-24(12-7-3-1-4-8-12)13-9-5-2-6-10-13/h12-13H,1-11H2,(H2,19,21)(H,26,27). The Kier molecular flexibility index (Phi) is 5.56. The zero-order chi connectivity index (χ0) is 19.5. The number of rotatable bonds is 6. The molecule has 3 N–H and O–H groups in total. The van der Waals surface area contributed by atoms with Crippen LogP contribution in [-0.2, 0) is 6.54 Å². The summed E-state index contributed by atoms with van der Waals surface area (Å²) in [7, 11) is 0. The van der Waals surface area contributed by atoms with Gasteiger partial charge in [-0.3, -0.25) is 4.90 Å². The lowest BCUT2D eigenvalue weighted by Crippen LogP contribution is -2.45. The molecule has 0 radical (unpaired) electrons. The Morgan fingerprint density at radius 3 is 2.18 bits per heavy atom. The van der Waals surface area contributed by atoms with E-state index >= 15 is 0 Å². The second-order valence-electron chi connectivity index (χ2n) is 7.83. The molecular formula is C18H27N7O3. The molecule has 2 aliphatic rings. The molecule has 10 nitrogen and oxygen atoms in total.